The number of methoxy groups -OCH3 is 2. The van der Waals surface area contributed by atoms with Gasteiger partial charge in [0.15, 0.2) is 11.5 Å². The quantitative estimate of drug-likeness (QED) is 0.841. The number of carbonyl (C=O) groups excluding carboxylic acids is 1. The summed E-state index contributed by atoms with van der Waals surface area (Å²) in [4.78, 5) is 13.9. The van der Waals surface area contributed by atoms with Crippen LogP contribution < -0.4 is 14.8 Å². The van der Waals surface area contributed by atoms with Gasteiger partial charge < -0.3 is 19.7 Å². The van der Waals surface area contributed by atoms with Gasteiger partial charge >= 0.3 is 0 Å². The Morgan fingerprint density at radius 3 is 2.38 bits per heavy atom. The van der Waals surface area contributed by atoms with E-state index in [1.807, 2.05) is 19.9 Å². The van der Waals surface area contributed by atoms with Gasteiger partial charge in [-0.25, -0.2) is 0 Å². The molecule has 24 heavy (non-hydrogen) atoms. The van der Waals surface area contributed by atoms with E-state index in [9.17, 15) is 4.79 Å². The highest BCUT2D eigenvalue weighted by Crippen LogP contribution is 2.30. The van der Waals surface area contributed by atoms with Crippen molar-refractivity contribution in [2.24, 2.45) is 0 Å². The molecule has 0 aliphatic rings. The Labute approximate surface area is 141 Å². The molecule has 1 heterocycles. The molecule has 0 aliphatic heterocycles. The molecule has 1 aromatic heterocycles. The number of benzene rings is 1. The first kappa shape index (κ1) is 17.5. The van der Waals surface area contributed by atoms with Crippen molar-refractivity contribution in [1.82, 2.24) is 15.1 Å². The second-order valence-electron chi connectivity index (χ2n) is 4.97. The summed E-state index contributed by atoms with van der Waals surface area (Å²) in [5.41, 5.74) is 1.02. The van der Waals surface area contributed by atoms with Gasteiger partial charge in [-0.3, -0.25) is 4.79 Å². The van der Waals surface area contributed by atoms with Crippen molar-refractivity contribution in [2.45, 2.75) is 13.8 Å². The highest BCUT2D eigenvalue weighted by Gasteiger charge is 2.14. The fourth-order valence-electron chi connectivity index (χ4n) is 2.24. The first-order valence-corrected chi connectivity index (χ1v) is 7.75. The molecule has 1 aromatic carbocycles. The monoisotopic (exact) mass is 330 g/mol. The van der Waals surface area contributed by atoms with Crippen LogP contribution in [0.25, 0.3) is 0 Å². The maximum absolute atomic E-state index is 12.2. The van der Waals surface area contributed by atoms with Gasteiger partial charge in [0.1, 0.15) is 11.5 Å². The van der Waals surface area contributed by atoms with Crippen LogP contribution in [-0.2, 0) is 0 Å². The Balaban J connectivity index is 2.19. The largest absolute Gasteiger partial charge is 0.497 e. The van der Waals surface area contributed by atoms with Gasteiger partial charge in [0.25, 0.3) is 5.91 Å². The molecule has 0 saturated heterocycles. The molecule has 0 aliphatic carbocycles. The standard InChI is InChI=1S/C17H22N4O3/c1-5-21(6-2)17(22)13-8-10-16(20-19-13)18-14-11-12(23-3)7-9-15(14)24-4/h7-11H,5-6H2,1-4H3,(H,18,20). The van der Waals surface area contributed by atoms with Crippen LogP contribution in [0.15, 0.2) is 30.3 Å². The van der Waals surface area contributed by atoms with E-state index in [-0.39, 0.29) is 5.91 Å². The molecule has 128 valence electrons. The molecule has 2 aromatic rings. The van der Waals surface area contributed by atoms with E-state index >= 15 is 0 Å². The van der Waals surface area contributed by atoms with E-state index in [0.717, 1.165) is 0 Å². The summed E-state index contributed by atoms with van der Waals surface area (Å²) >= 11 is 0. The third kappa shape index (κ3) is 3.92. The van der Waals surface area contributed by atoms with E-state index in [4.69, 9.17) is 9.47 Å². The molecule has 0 saturated carbocycles. The zero-order valence-electron chi connectivity index (χ0n) is 14.4. The number of carbonyl (C=O) groups is 1. The van der Waals surface area contributed by atoms with Crippen LogP contribution in [0.3, 0.4) is 0 Å². The summed E-state index contributed by atoms with van der Waals surface area (Å²) in [6, 6.07) is 8.77. The number of hydrogen-bond acceptors (Lipinski definition) is 6. The van der Waals surface area contributed by atoms with Gasteiger partial charge in [-0.05, 0) is 38.1 Å². The lowest BCUT2D eigenvalue weighted by molar-refractivity contribution is 0.0766. The van der Waals surface area contributed by atoms with Crippen LogP contribution in [0.2, 0.25) is 0 Å². The summed E-state index contributed by atoms with van der Waals surface area (Å²) in [5, 5.41) is 11.2. The number of nitrogens with one attached hydrogen (secondary N) is 1. The Morgan fingerprint density at radius 1 is 1.08 bits per heavy atom. The molecular weight excluding hydrogens is 308 g/mol. The van der Waals surface area contributed by atoms with Gasteiger partial charge in [-0.2, -0.15) is 0 Å². The number of anilines is 2. The molecule has 0 radical (unpaired) electrons. The van der Waals surface area contributed by atoms with Crippen LogP contribution >= 0.6 is 0 Å². The average Bonchev–Trinajstić information content (AvgIpc) is 2.63. The maximum Gasteiger partial charge on any atom is 0.274 e. The van der Waals surface area contributed by atoms with Gasteiger partial charge in [0.2, 0.25) is 0 Å². The fraction of sp³-hybridized carbons (Fsp3) is 0.353. The van der Waals surface area contributed by atoms with Gasteiger partial charge in [0.05, 0.1) is 19.9 Å². The van der Waals surface area contributed by atoms with Crippen LogP contribution in [0.4, 0.5) is 11.5 Å². The lowest BCUT2D eigenvalue weighted by atomic mass is 10.2. The molecular formula is C17H22N4O3. The van der Waals surface area contributed by atoms with Crippen molar-refractivity contribution < 1.29 is 14.3 Å². The summed E-state index contributed by atoms with van der Waals surface area (Å²) in [6.45, 7) is 5.13. The third-order valence-corrected chi connectivity index (χ3v) is 3.60. The average molecular weight is 330 g/mol. The second-order valence-corrected chi connectivity index (χ2v) is 4.97. The minimum Gasteiger partial charge on any atom is -0.497 e. The van der Waals surface area contributed by atoms with Crippen LogP contribution in [0.5, 0.6) is 11.5 Å². The van der Waals surface area contributed by atoms with E-state index in [1.54, 1.807) is 43.4 Å². The molecule has 0 fully saturated rings. The van der Waals surface area contributed by atoms with Gasteiger partial charge in [-0.15, -0.1) is 10.2 Å². The molecule has 2 rings (SSSR count). The molecule has 7 heteroatoms. The summed E-state index contributed by atoms with van der Waals surface area (Å²) in [5.74, 6) is 1.73. The maximum atomic E-state index is 12.2. The normalized spacial score (nSPS) is 10.2. The van der Waals surface area contributed by atoms with Crippen molar-refractivity contribution in [3.05, 3.63) is 36.0 Å². The number of nitrogens with zero attached hydrogens (tertiary/aromatic N) is 3. The van der Waals surface area contributed by atoms with E-state index in [0.29, 0.717) is 41.8 Å². The molecule has 0 bridgehead atoms. The van der Waals surface area contributed by atoms with Crippen LogP contribution in [0, 0.1) is 0 Å². The number of rotatable bonds is 7. The molecule has 0 spiro atoms. The van der Waals surface area contributed by atoms with E-state index < -0.39 is 0 Å². The van der Waals surface area contributed by atoms with Crippen molar-refractivity contribution in [2.75, 3.05) is 32.6 Å². The number of ether oxygens (including phenoxy) is 2. The zero-order chi connectivity index (χ0) is 17.5. The van der Waals surface area contributed by atoms with Crippen molar-refractivity contribution in [3.63, 3.8) is 0 Å². The predicted octanol–water partition coefficient (Wildman–Crippen LogP) is 2.72. The lowest BCUT2D eigenvalue weighted by Gasteiger charge is -2.17. The summed E-state index contributed by atoms with van der Waals surface area (Å²) in [6.07, 6.45) is 0. The summed E-state index contributed by atoms with van der Waals surface area (Å²) in [7, 11) is 3.18. The fourth-order valence-corrected chi connectivity index (χ4v) is 2.24. The number of amides is 1. The highest BCUT2D eigenvalue weighted by molar-refractivity contribution is 5.92. The zero-order valence-corrected chi connectivity index (χ0v) is 14.4. The highest BCUT2D eigenvalue weighted by atomic mass is 16.5. The van der Waals surface area contributed by atoms with E-state index in [2.05, 4.69) is 15.5 Å². The van der Waals surface area contributed by atoms with Crippen molar-refractivity contribution in [3.8, 4) is 11.5 Å². The SMILES string of the molecule is CCN(CC)C(=O)c1ccc(Nc2cc(OC)ccc2OC)nn1. The lowest BCUT2D eigenvalue weighted by Crippen LogP contribution is -2.31. The molecule has 1 N–H and O–H groups in total. The minimum atomic E-state index is -0.127. The van der Waals surface area contributed by atoms with Crippen molar-refractivity contribution >= 4 is 17.4 Å². The molecule has 1 amide bonds. The molecule has 0 unspecified atom stereocenters. The Morgan fingerprint density at radius 2 is 1.83 bits per heavy atom. The van der Waals surface area contributed by atoms with Crippen molar-refractivity contribution in [1.29, 1.82) is 0 Å². The van der Waals surface area contributed by atoms with Gasteiger partial charge in [-0.1, -0.05) is 0 Å². The Bertz CT molecular complexity index is 685. The van der Waals surface area contributed by atoms with Gasteiger partial charge in [0, 0.05) is 19.2 Å². The van der Waals surface area contributed by atoms with E-state index in [1.165, 1.54) is 0 Å². The Hall–Kier alpha value is -2.83. The topological polar surface area (TPSA) is 76.6 Å². The summed E-state index contributed by atoms with van der Waals surface area (Å²) < 4.78 is 10.5. The van der Waals surface area contributed by atoms with Crippen LogP contribution in [-0.4, -0.2) is 48.3 Å². The second kappa shape index (κ2) is 8.14. The smallest absolute Gasteiger partial charge is 0.274 e. The molecule has 7 nitrogen and oxygen atoms in total. The third-order valence-electron chi connectivity index (χ3n) is 3.60. The Kier molecular flexibility index (Phi) is 5.95. The molecule has 0 atom stereocenters. The minimum absolute atomic E-state index is 0.127. The number of aromatic nitrogens is 2. The first-order chi connectivity index (χ1) is 11.6. The van der Waals surface area contributed by atoms with Crippen LogP contribution in [0.1, 0.15) is 24.3 Å². The first-order valence-electron chi connectivity index (χ1n) is 7.75. The number of hydrogen-bond donors (Lipinski definition) is 1. The predicted molar refractivity (Wildman–Crippen MR) is 92.1 cm³/mol.